The summed E-state index contributed by atoms with van der Waals surface area (Å²) < 4.78 is 5.20. The molecular weight excluding hydrogens is 370 g/mol. The standard InChI is InChI=1S/C22H25N3O4/c23-20(26)15-29-19-8-6-18(7-9-19)22(28)25-12-10-17(11-13-25)21(27)24-14-16-4-2-1-3-5-16/h1-9,17H,10-15H2,(H2,23,26)(H,24,27). The molecule has 0 unspecified atom stereocenters. The predicted octanol–water partition coefficient (Wildman–Crippen LogP) is 1.72. The zero-order valence-electron chi connectivity index (χ0n) is 16.2. The normalized spacial score (nSPS) is 14.3. The summed E-state index contributed by atoms with van der Waals surface area (Å²) in [6, 6.07) is 16.4. The van der Waals surface area contributed by atoms with E-state index in [1.807, 2.05) is 30.3 Å². The van der Waals surface area contributed by atoms with E-state index in [0.717, 1.165) is 5.56 Å². The van der Waals surface area contributed by atoms with Crippen LogP contribution < -0.4 is 15.8 Å². The van der Waals surface area contributed by atoms with Crippen molar-refractivity contribution >= 4 is 17.7 Å². The molecule has 2 aromatic rings. The molecule has 1 aliphatic heterocycles. The summed E-state index contributed by atoms with van der Waals surface area (Å²) in [5.74, 6) is -0.186. The summed E-state index contributed by atoms with van der Waals surface area (Å²) in [5.41, 5.74) is 6.65. The molecule has 0 bridgehead atoms. The number of ether oxygens (including phenoxy) is 1. The van der Waals surface area contributed by atoms with E-state index < -0.39 is 5.91 Å². The molecule has 7 nitrogen and oxygen atoms in total. The maximum atomic E-state index is 12.7. The molecule has 0 radical (unpaired) electrons. The maximum absolute atomic E-state index is 12.7. The Kier molecular flexibility index (Phi) is 6.84. The molecule has 1 heterocycles. The second-order valence-electron chi connectivity index (χ2n) is 7.05. The third kappa shape index (κ3) is 5.81. The second kappa shape index (κ2) is 9.73. The van der Waals surface area contributed by atoms with Gasteiger partial charge in [-0.05, 0) is 42.7 Å². The molecule has 29 heavy (non-hydrogen) atoms. The number of hydrogen-bond donors (Lipinski definition) is 2. The molecule has 0 aromatic heterocycles. The van der Waals surface area contributed by atoms with E-state index in [4.69, 9.17) is 10.5 Å². The molecule has 7 heteroatoms. The van der Waals surface area contributed by atoms with Gasteiger partial charge in [0.2, 0.25) is 5.91 Å². The molecule has 1 aliphatic rings. The monoisotopic (exact) mass is 395 g/mol. The van der Waals surface area contributed by atoms with Crippen molar-refractivity contribution in [2.75, 3.05) is 19.7 Å². The van der Waals surface area contributed by atoms with E-state index in [1.165, 1.54) is 0 Å². The van der Waals surface area contributed by atoms with Crippen molar-refractivity contribution in [1.29, 1.82) is 0 Å². The first-order valence-electron chi connectivity index (χ1n) is 9.65. The first kappa shape index (κ1) is 20.4. The van der Waals surface area contributed by atoms with Gasteiger partial charge in [-0.1, -0.05) is 30.3 Å². The third-order valence-electron chi connectivity index (χ3n) is 4.94. The largest absolute Gasteiger partial charge is 0.484 e. The highest BCUT2D eigenvalue weighted by Crippen LogP contribution is 2.20. The van der Waals surface area contributed by atoms with Gasteiger partial charge in [-0.25, -0.2) is 0 Å². The molecule has 1 saturated heterocycles. The van der Waals surface area contributed by atoms with Gasteiger partial charge in [0.25, 0.3) is 11.8 Å². The molecule has 2 aromatic carbocycles. The van der Waals surface area contributed by atoms with E-state index in [0.29, 0.717) is 43.8 Å². The van der Waals surface area contributed by atoms with Crippen molar-refractivity contribution in [1.82, 2.24) is 10.2 Å². The molecule has 0 atom stereocenters. The number of benzene rings is 2. The fraction of sp³-hybridized carbons (Fsp3) is 0.318. The molecule has 3 amide bonds. The lowest BCUT2D eigenvalue weighted by Crippen LogP contribution is -2.42. The summed E-state index contributed by atoms with van der Waals surface area (Å²) in [7, 11) is 0. The number of hydrogen-bond acceptors (Lipinski definition) is 4. The summed E-state index contributed by atoms with van der Waals surface area (Å²) in [6.45, 7) is 1.40. The van der Waals surface area contributed by atoms with E-state index >= 15 is 0 Å². The number of amides is 3. The summed E-state index contributed by atoms with van der Waals surface area (Å²) in [4.78, 5) is 37.6. The molecule has 0 spiro atoms. The van der Waals surface area contributed by atoms with Crippen molar-refractivity contribution in [2.24, 2.45) is 11.7 Å². The van der Waals surface area contributed by atoms with Crippen molar-refractivity contribution in [3.63, 3.8) is 0 Å². The Labute approximate surface area is 169 Å². The number of carbonyl (C=O) groups excluding carboxylic acids is 3. The van der Waals surface area contributed by atoms with Crippen LogP contribution in [0.4, 0.5) is 0 Å². The van der Waals surface area contributed by atoms with Gasteiger partial charge < -0.3 is 20.7 Å². The van der Waals surface area contributed by atoms with Gasteiger partial charge in [-0.3, -0.25) is 14.4 Å². The number of rotatable bonds is 7. The lowest BCUT2D eigenvalue weighted by Gasteiger charge is -2.31. The lowest BCUT2D eigenvalue weighted by atomic mass is 9.95. The highest BCUT2D eigenvalue weighted by molar-refractivity contribution is 5.94. The number of piperidine rings is 1. The van der Waals surface area contributed by atoms with Crippen LogP contribution in [0.25, 0.3) is 0 Å². The first-order valence-corrected chi connectivity index (χ1v) is 9.65. The van der Waals surface area contributed by atoms with Gasteiger partial charge in [0.1, 0.15) is 5.75 Å². The molecular formula is C22H25N3O4. The van der Waals surface area contributed by atoms with Crippen molar-refractivity contribution in [3.8, 4) is 5.75 Å². The maximum Gasteiger partial charge on any atom is 0.255 e. The third-order valence-corrected chi connectivity index (χ3v) is 4.94. The quantitative estimate of drug-likeness (QED) is 0.745. The van der Waals surface area contributed by atoms with Crippen molar-refractivity contribution in [3.05, 3.63) is 65.7 Å². The second-order valence-corrected chi connectivity index (χ2v) is 7.05. The fourth-order valence-electron chi connectivity index (χ4n) is 3.30. The first-order chi connectivity index (χ1) is 14.0. The Morgan fingerprint density at radius 3 is 2.28 bits per heavy atom. The molecule has 3 rings (SSSR count). The van der Waals surface area contributed by atoms with Gasteiger partial charge in [-0.2, -0.15) is 0 Å². The van der Waals surface area contributed by atoms with Crippen LogP contribution in [0.15, 0.2) is 54.6 Å². The highest BCUT2D eigenvalue weighted by Gasteiger charge is 2.27. The van der Waals surface area contributed by atoms with E-state index in [-0.39, 0.29) is 24.3 Å². The Bertz CT molecular complexity index is 844. The van der Waals surface area contributed by atoms with Crippen LogP contribution in [0, 0.1) is 5.92 Å². The van der Waals surface area contributed by atoms with Crippen molar-refractivity contribution in [2.45, 2.75) is 19.4 Å². The average Bonchev–Trinajstić information content (AvgIpc) is 2.76. The predicted molar refractivity (Wildman–Crippen MR) is 108 cm³/mol. The molecule has 0 saturated carbocycles. The summed E-state index contributed by atoms with van der Waals surface area (Å²) in [6.07, 6.45) is 1.29. The Morgan fingerprint density at radius 2 is 1.66 bits per heavy atom. The van der Waals surface area contributed by atoms with Crippen LogP contribution in [-0.4, -0.2) is 42.3 Å². The molecule has 152 valence electrons. The number of primary amides is 1. The lowest BCUT2D eigenvalue weighted by molar-refractivity contribution is -0.126. The topological polar surface area (TPSA) is 102 Å². The van der Waals surface area contributed by atoms with Crippen LogP contribution in [0.1, 0.15) is 28.8 Å². The zero-order valence-corrected chi connectivity index (χ0v) is 16.2. The highest BCUT2D eigenvalue weighted by atomic mass is 16.5. The SMILES string of the molecule is NC(=O)COc1ccc(C(=O)N2CCC(C(=O)NCc3ccccc3)CC2)cc1. The fourth-order valence-corrected chi connectivity index (χ4v) is 3.30. The minimum Gasteiger partial charge on any atom is -0.484 e. The van der Waals surface area contributed by atoms with Crippen LogP contribution in [0.5, 0.6) is 5.75 Å². The summed E-state index contributed by atoms with van der Waals surface area (Å²) in [5, 5.41) is 2.98. The van der Waals surface area contributed by atoms with E-state index in [2.05, 4.69) is 5.32 Å². The smallest absolute Gasteiger partial charge is 0.255 e. The van der Waals surface area contributed by atoms with Gasteiger partial charge in [0.15, 0.2) is 6.61 Å². The van der Waals surface area contributed by atoms with Gasteiger partial charge >= 0.3 is 0 Å². The van der Waals surface area contributed by atoms with Crippen LogP contribution in [0.3, 0.4) is 0 Å². The van der Waals surface area contributed by atoms with Crippen LogP contribution in [-0.2, 0) is 16.1 Å². The number of nitrogens with zero attached hydrogens (tertiary/aromatic N) is 1. The molecule has 1 fully saturated rings. The number of likely N-dealkylation sites (tertiary alicyclic amines) is 1. The van der Waals surface area contributed by atoms with Crippen LogP contribution >= 0.6 is 0 Å². The van der Waals surface area contributed by atoms with E-state index in [1.54, 1.807) is 29.2 Å². The van der Waals surface area contributed by atoms with E-state index in [9.17, 15) is 14.4 Å². The Balaban J connectivity index is 1.46. The number of carbonyl (C=O) groups is 3. The van der Waals surface area contributed by atoms with Crippen molar-refractivity contribution < 1.29 is 19.1 Å². The Morgan fingerprint density at radius 1 is 1.00 bits per heavy atom. The number of nitrogens with two attached hydrogens (primary N) is 1. The van der Waals surface area contributed by atoms with Gasteiger partial charge in [-0.15, -0.1) is 0 Å². The molecule has 3 N–H and O–H groups in total. The zero-order chi connectivity index (χ0) is 20.6. The van der Waals surface area contributed by atoms with Gasteiger partial charge in [0.05, 0.1) is 0 Å². The number of nitrogens with one attached hydrogen (secondary N) is 1. The minimum atomic E-state index is -0.555. The average molecular weight is 395 g/mol. The minimum absolute atomic E-state index is 0.0388. The Hall–Kier alpha value is -3.35. The molecule has 0 aliphatic carbocycles. The van der Waals surface area contributed by atoms with Gasteiger partial charge in [0, 0.05) is 31.1 Å². The summed E-state index contributed by atoms with van der Waals surface area (Å²) >= 11 is 0. The van der Waals surface area contributed by atoms with Crippen LogP contribution in [0.2, 0.25) is 0 Å².